The van der Waals surface area contributed by atoms with E-state index in [9.17, 15) is 4.79 Å². The van der Waals surface area contributed by atoms with Gasteiger partial charge in [0.25, 0.3) is 0 Å². The zero-order valence-electron chi connectivity index (χ0n) is 10.3. The second-order valence-electron chi connectivity index (χ2n) is 4.36. The second kappa shape index (κ2) is 4.08. The number of nitrogen functional groups attached to an aromatic ring is 1. The van der Waals surface area contributed by atoms with Crippen molar-refractivity contribution < 1.29 is 4.79 Å². The lowest BCUT2D eigenvalue weighted by atomic mass is 10.1. The maximum atomic E-state index is 11.6. The van der Waals surface area contributed by atoms with Crippen molar-refractivity contribution in [2.24, 2.45) is 0 Å². The van der Waals surface area contributed by atoms with Gasteiger partial charge in [-0.15, -0.1) is 0 Å². The molecule has 0 saturated heterocycles. The molecular weight excluding hydrogens is 216 g/mol. The van der Waals surface area contributed by atoms with Crippen LogP contribution in [0.1, 0.15) is 5.56 Å². The molecule has 1 aromatic heterocycles. The molecule has 5 nitrogen and oxygen atoms in total. The maximum absolute atomic E-state index is 11.6. The zero-order valence-corrected chi connectivity index (χ0v) is 10.3. The summed E-state index contributed by atoms with van der Waals surface area (Å²) in [7, 11) is 3.46. The van der Waals surface area contributed by atoms with E-state index in [1.165, 1.54) is 0 Å². The number of benzene rings is 1. The first-order chi connectivity index (χ1) is 7.99. The third-order valence-electron chi connectivity index (χ3n) is 2.81. The van der Waals surface area contributed by atoms with E-state index < -0.39 is 0 Å². The summed E-state index contributed by atoms with van der Waals surface area (Å²) in [6.45, 7) is 2.19. The van der Waals surface area contributed by atoms with Gasteiger partial charge >= 0.3 is 0 Å². The summed E-state index contributed by atoms with van der Waals surface area (Å²) in [5, 5.41) is 5.22. The monoisotopic (exact) mass is 232 g/mol. The van der Waals surface area contributed by atoms with Crippen molar-refractivity contribution >= 4 is 22.5 Å². The van der Waals surface area contributed by atoms with Crippen LogP contribution in [0.4, 0.5) is 5.69 Å². The first kappa shape index (κ1) is 11.4. The first-order valence-electron chi connectivity index (χ1n) is 5.41. The maximum Gasteiger partial charge on any atom is 0.243 e. The summed E-state index contributed by atoms with van der Waals surface area (Å²) in [5.74, 6) is 0.00847. The van der Waals surface area contributed by atoms with Gasteiger partial charge in [0, 0.05) is 25.2 Å². The molecule has 1 aromatic carbocycles. The quantitative estimate of drug-likeness (QED) is 0.786. The summed E-state index contributed by atoms with van der Waals surface area (Å²) in [4.78, 5) is 13.2. The number of rotatable bonds is 2. The predicted octanol–water partition coefficient (Wildman–Crippen LogP) is 1.02. The zero-order chi connectivity index (χ0) is 12.6. The van der Waals surface area contributed by atoms with Crippen molar-refractivity contribution in [1.29, 1.82) is 0 Å². The molecule has 0 fully saturated rings. The Hall–Kier alpha value is -2.04. The summed E-state index contributed by atoms with van der Waals surface area (Å²) in [6.07, 6.45) is 1.75. The van der Waals surface area contributed by atoms with Crippen LogP contribution in [0.2, 0.25) is 0 Å². The van der Waals surface area contributed by atoms with Crippen LogP contribution in [-0.2, 0) is 11.3 Å². The summed E-state index contributed by atoms with van der Waals surface area (Å²) < 4.78 is 1.67. The molecule has 2 aromatic rings. The number of aromatic nitrogens is 2. The Morgan fingerprint density at radius 1 is 1.47 bits per heavy atom. The van der Waals surface area contributed by atoms with E-state index in [4.69, 9.17) is 5.73 Å². The molecule has 0 aliphatic carbocycles. The highest BCUT2D eigenvalue weighted by molar-refractivity contribution is 5.85. The Kier molecular flexibility index (Phi) is 2.75. The molecule has 90 valence electrons. The summed E-state index contributed by atoms with van der Waals surface area (Å²) in [5.41, 5.74) is 8.50. The van der Waals surface area contributed by atoms with Crippen molar-refractivity contribution in [3.05, 3.63) is 23.9 Å². The number of fused-ring (bicyclic) bond motifs is 1. The van der Waals surface area contributed by atoms with Crippen LogP contribution in [0.15, 0.2) is 18.3 Å². The van der Waals surface area contributed by atoms with Crippen LogP contribution in [0, 0.1) is 6.92 Å². The van der Waals surface area contributed by atoms with Crippen molar-refractivity contribution in [2.45, 2.75) is 13.5 Å². The van der Waals surface area contributed by atoms with E-state index in [1.807, 2.05) is 19.1 Å². The largest absolute Gasteiger partial charge is 0.398 e. The van der Waals surface area contributed by atoms with E-state index in [0.29, 0.717) is 0 Å². The number of anilines is 1. The number of aryl methyl sites for hydroxylation is 1. The van der Waals surface area contributed by atoms with Crippen LogP contribution >= 0.6 is 0 Å². The Labute approximate surface area is 99.8 Å². The van der Waals surface area contributed by atoms with Gasteiger partial charge in [0.1, 0.15) is 6.54 Å². The van der Waals surface area contributed by atoms with Crippen molar-refractivity contribution in [3.8, 4) is 0 Å². The van der Waals surface area contributed by atoms with E-state index in [0.717, 1.165) is 22.2 Å². The minimum atomic E-state index is 0.00847. The van der Waals surface area contributed by atoms with Crippen LogP contribution in [0.3, 0.4) is 0 Å². The molecule has 17 heavy (non-hydrogen) atoms. The average Bonchev–Trinajstić information content (AvgIpc) is 2.62. The van der Waals surface area contributed by atoms with Gasteiger partial charge in [0.2, 0.25) is 5.91 Å². The molecule has 1 heterocycles. The number of hydrogen-bond donors (Lipinski definition) is 1. The number of likely N-dealkylation sites (N-methyl/N-ethyl adjacent to an activating group) is 1. The van der Waals surface area contributed by atoms with Gasteiger partial charge in [-0.3, -0.25) is 9.48 Å². The summed E-state index contributed by atoms with van der Waals surface area (Å²) in [6, 6.07) is 3.84. The molecular formula is C12H16N4O. The van der Waals surface area contributed by atoms with Crippen LogP contribution in [-0.4, -0.2) is 34.7 Å². The predicted molar refractivity (Wildman–Crippen MR) is 67.6 cm³/mol. The lowest BCUT2D eigenvalue weighted by molar-refractivity contribution is -0.129. The molecule has 0 aliphatic rings. The van der Waals surface area contributed by atoms with E-state index in [-0.39, 0.29) is 12.5 Å². The Bertz CT molecular complexity index is 571. The lowest BCUT2D eigenvalue weighted by Crippen LogP contribution is -2.26. The molecule has 0 spiro atoms. The SMILES string of the molecule is Cc1cc2cnn(CC(=O)N(C)C)c2cc1N. The number of carbonyl (C=O) groups excluding carboxylic acids is 1. The van der Waals surface area contributed by atoms with Gasteiger partial charge in [-0.05, 0) is 24.6 Å². The third-order valence-corrected chi connectivity index (χ3v) is 2.81. The minimum Gasteiger partial charge on any atom is -0.398 e. The fraction of sp³-hybridized carbons (Fsp3) is 0.333. The standard InChI is InChI=1S/C12H16N4O/c1-8-4-9-6-14-16(7-12(17)15(2)3)11(9)5-10(8)13/h4-6H,7,13H2,1-3H3. The highest BCUT2D eigenvalue weighted by atomic mass is 16.2. The van der Waals surface area contributed by atoms with Crippen molar-refractivity contribution in [3.63, 3.8) is 0 Å². The topological polar surface area (TPSA) is 64.2 Å². The van der Waals surface area contributed by atoms with Gasteiger partial charge in [-0.1, -0.05) is 0 Å². The molecule has 5 heteroatoms. The lowest BCUT2D eigenvalue weighted by Gasteiger charge is -2.10. The Morgan fingerprint density at radius 3 is 2.82 bits per heavy atom. The number of nitrogens with two attached hydrogens (primary N) is 1. The molecule has 0 bridgehead atoms. The van der Waals surface area contributed by atoms with Crippen molar-refractivity contribution in [1.82, 2.24) is 14.7 Å². The van der Waals surface area contributed by atoms with Crippen LogP contribution < -0.4 is 5.73 Å². The fourth-order valence-corrected chi connectivity index (χ4v) is 1.65. The van der Waals surface area contributed by atoms with E-state index in [2.05, 4.69) is 5.10 Å². The first-order valence-corrected chi connectivity index (χ1v) is 5.41. The molecule has 0 radical (unpaired) electrons. The minimum absolute atomic E-state index is 0.00847. The van der Waals surface area contributed by atoms with Gasteiger partial charge in [0.15, 0.2) is 0 Å². The molecule has 2 N–H and O–H groups in total. The molecule has 0 aliphatic heterocycles. The van der Waals surface area contributed by atoms with Gasteiger partial charge in [0.05, 0.1) is 11.7 Å². The smallest absolute Gasteiger partial charge is 0.243 e. The number of carbonyl (C=O) groups is 1. The normalized spacial score (nSPS) is 10.8. The fourth-order valence-electron chi connectivity index (χ4n) is 1.65. The van der Waals surface area contributed by atoms with Gasteiger partial charge in [-0.2, -0.15) is 5.10 Å². The van der Waals surface area contributed by atoms with Gasteiger partial charge in [-0.25, -0.2) is 0 Å². The van der Waals surface area contributed by atoms with Crippen LogP contribution in [0.25, 0.3) is 10.9 Å². The molecule has 1 amide bonds. The highest BCUT2D eigenvalue weighted by Crippen LogP contribution is 2.21. The third kappa shape index (κ3) is 2.08. The Morgan fingerprint density at radius 2 is 2.18 bits per heavy atom. The average molecular weight is 232 g/mol. The molecule has 0 saturated carbocycles. The van der Waals surface area contributed by atoms with Crippen LogP contribution in [0.5, 0.6) is 0 Å². The number of nitrogens with zero attached hydrogens (tertiary/aromatic N) is 3. The summed E-state index contributed by atoms with van der Waals surface area (Å²) >= 11 is 0. The van der Waals surface area contributed by atoms with E-state index >= 15 is 0 Å². The molecule has 0 atom stereocenters. The highest BCUT2D eigenvalue weighted by Gasteiger charge is 2.10. The number of hydrogen-bond acceptors (Lipinski definition) is 3. The number of amides is 1. The van der Waals surface area contributed by atoms with E-state index in [1.54, 1.807) is 29.9 Å². The van der Waals surface area contributed by atoms with Gasteiger partial charge < -0.3 is 10.6 Å². The van der Waals surface area contributed by atoms with Crippen molar-refractivity contribution in [2.75, 3.05) is 19.8 Å². The molecule has 0 unspecified atom stereocenters. The second-order valence-corrected chi connectivity index (χ2v) is 4.36. The molecule has 2 rings (SSSR count). The Balaban J connectivity index is 2.42.